The Morgan fingerprint density at radius 2 is 2.13 bits per heavy atom. The van der Waals surface area contributed by atoms with E-state index in [1.165, 1.54) is 4.88 Å². The van der Waals surface area contributed by atoms with Gasteiger partial charge in [0.2, 0.25) is 0 Å². The van der Waals surface area contributed by atoms with Crippen LogP contribution in [0.25, 0.3) is 0 Å². The average molecular weight is 361 g/mol. The van der Waals surface area contributed by atoms with Crippen LogP contribution in [0.3, 0.4) is 0 Å². The Hall–Kier alpha value is -1.63. The lowest BCUT2D eigenvalue weighted by Gasteiger charge is -2.09. The summed E-state index contributed by atoms with van der Waals surface area (Å²) in [6.07, 6.45) is 0.873. The third kappa shape index (κ3) is 4.67. The Kier molecular flexibility index (Phi) is 5.85. The van der Waals surface area contributed by atoms with Crippen LogP contribution in [0.15, 0.2) is 57.6 Å². The van der Waals surface area contributed by atoms with E-state index >= 15 is 0 Å². The molecule has 2 heterocycles. The van der Waals surface area contributed by atoms with Crippen molar-refractivity contribution in [2.24, 2.45) is 0 Å². The summed E-state index contributed by atoms with van der Waals surface area (Å²) in [6.45, 7) is 0.657. The lowest BCUT2D eigenvalue weighted by molar-refractivity contribution is 0.0951. The van der Waals surface area contributed by atoms with Crippen LogP contribution in [-0.4, -0.2) is 17.4 Å². The van der Waals surface area contributed by atoms with Gasteiger partial charge in [0.15, 0.2) is 0 Å². The van der Waals surface area contributed by atoms with Crippen molar-refractivity contribution in [2.45, 2.75) is 17.1 Å². The van der Waals surface area contributed by atoms with Crippen molar-refractivity contribution in [1.29, 1.82) is 0 Å². The highest BCUT2D eigenvalue weighted by Crippen LogP contribution is 2.26. The number of carbonyl (C=O) groups is 1. The van der Waals surface area contributed by atoms with E-state index in [2.05, 4.69) is 21.7 Å². The number of carbonyl (C=O) groups excluding carboxylic acids is 1. The molecule has 118 valence electrons. The minimum Gasteiger partial charge on any atom is -0.352 e. The number of aromatic nitrogens is 1. The highest BCUT2D eigenvalue weighted by molar-refractivity contribution is 7.98. The SMILES string of the molecule is O=C(NCCc1cccs1)c1ccccc1SCc1cscn1. The second-order valence-electron chi connectivity index (χ2n) is 4.85. The first-order valence-corrected chi connectivity index (χ1v) is 10.0. The minimum atomic E-state index is -0.0112. The molecule has 3 rings (SSSR count). The number of thiophene rings is 1. The molecule has 3 nitrogen and oxygen atoms in total. The van der Waals surface area contributed by atoms with Crippen LogP contribution < -0.4 is 5.32 Å². The third-order valence-electron chi connectivity index (χ3n) is 3.23. The molecule has 0 atom stereocenters. The number of rotatable bonds is 7. The predicted octanol–water partition coefficient (Wildman–Crippen LogP) is 4.47. The van der Waals surface area contributed by atoms with Crippen molar-refractivity contribution in [3.05, 3.63) is 68.8 Å². The van der Waals surface area contributed by atoms with Gasteiger partial charge in [-0.25, -0.2) is 4.98 Å². The molecule has 0 saturated heterocycles. The summed E-state index contributed by atoms with van der Waals surface area (Å²) in [5, 5.41) is 7.11. The van der Waals surface area contributed by atoms with Crippen LogP contribution >= 0.6 is 34.4 Å². The van der Waals surface area contributed by atoms with Crippen LogP contribution in [0.1, 0.15) is 20.9 Å². The van der Waals surface area contributed by atoms with Gasteiger partial charge in [-0.3, -0.25) is 4.79 Å². The van der Waals surface area contributed by atoms with Crippen molar-refractivity contribution in [2.75, 3.05) is 6.54 Å². The maximum atomic E-state index is 12.4. The zero-order chi connectivity index (χ0) is 15.9. The standard InChI is InChI=1S/C17H16N2OS3/c20-17(18-8-7-14-4-3-9-22-14)15-5-1-2-6-16(15)23-11-13-10-21-12-19-13/h1-6,9-10,12H,7-8,11H2,(H,18,20). The van der Waals surface area contributed by atoms with Gasteiger partial charge < -0.3 is 5.32 Å². The Labute approximate surface area is 147 Å². The Morgan fingerprint density at radius 1 is 1.22 bits per heavy atom. The summed E-state index contributed by atoms with van der Waals surface area (Å²) in [7, 11) is 0. The van der Waals surface area contributed by atoms with Crippen molar-refractivity contribution in [3.63, 3.8) is 0 Å². The van der Waals surface area contributed by atoms with E-state index in [0.717, 1.165) is 28.3 Å². The van der Waals surface area contributed by atoms with Gasteiger partial charge in [0.25, 0.3) is 5.91 Å². The first kappa shape index (κ1) is 16.2. The molecule has 0 spiro atoms. The van der Waals surface area contributed by atoms with Gasteiger partial charge in [-0.15, -0.1) is 34.4 Å². The molecule has 1 amide bonds. The zero-order valence-electron chi connectivity index (χ0n) is 12.4. The molecule has 0 radical (unpaired) electrons. The maximum absolute atomic E-state index is 12.4. The van der Waals surface area contributed by atoms with E-state index in [4.69, 9.17) is 0 Å². The smallest absolute Gasteiger partial charge is 0.252 e. The highest BCUT2D eigenvalue weighted by Gasteiger charge is 2.11. The quantitative estimate of drug-likeness (QED) is 0.632. The molecular formula is C17H16N2OS3. The van der Waals surface area contributed by atoms with E-state index < -0.39 is 0 Å². The molecule has 1 N–H and O–H groups in total. The van der Waals surface area contributed by atoms with Crippen molar-refractivity contribution < 1.29 is 4.79 Å². The van der Waals surface area contributed by atoms with Gasteiger partial charge >= 0.3 is 0 Å². The summed E-state index contributed by atoms with van der Waals surface area (Å²) in [6, 6.07) is 11.9. The molecule has 0 bridgehead atoms. The number of thiazole rings is 1. The van der Waals surface area contributed by atoms with E-state index in [-0.39, 0.29) is 5.91 Å². The zero-order valence-corrected chi connectivity index (χ0v) is 14.8. The van der Waals surface area contributed by atoms with E-state index in [1.54, 1.807) is 34.4 Å². The van der Waals surface area contributed by atoms with Gasteiger partial charge in [-0.1, -0.05) is 18.2 Å². The molecule has 0 aliphatic heterocycles. The van der Waals surface area contributed by atoms with E-state index in [0.29, 0.717) is 6.54 Å². The lowest BCUT2D eigenvalue weighted by atomic mass is 10.2. The van der Waals surface area contributed by atoms with Gasteiger partial charge in [0.1, 0.15) is 0 Å². The molecule has 23 heavy (non-hydrogen) atoms. The predicted molar refractivity (Wildman–Crippen MR) is 98.5 cm³/mol. The molecular weight excluding hydrogens is 344 g/mol. The molecule has 1 aromatic carbocycles. The second-order valence-corrected chi connectivity index (χ2v) is 7.62. The molecule has 2 aromatic heterocycles. The Bertz CT molecular complexity index is 739. The normalized spacial score (nSPS) is 10.6. The van der Waals surface area contributed by atoms with Gasteiger partial charge in [-0.2, -0.15) is 0 Å². The number of hydrogen-bond acceptors (Lipinski definition) is 5. The first-order chi connectivity index (χ1) is 11.3. The fourth-order valence-electron chi connectivity index (χ4n) is 2.09. The molecule has 0 aliphatic rings. The summed E-state index contributed by atoms with van der Waals surface area (Å²) in [4.78, 5) is 19.0. The van der Waals surface area contributed by atoms with Gasteiger partial charge in [0.05, 0.1) is 16.8 Å². The lowest BCUT2D eigenvalue weighted by Crippen LogP contribution is -2.26. The van der Waals surface area contributed by atoms with Crippen LogP contribution in [0.2, 0.25) is 0 Å². The number of hydrogen-bond donors (Lipinski definition) is 1. The Balaban J connectivity index is 1.58. The van der Waals surface area contributed by atoms with E-state index in [1.807, 2.05) is 41.2 Å². The van der Waals surface area contributed by atoms with Crippen molar-refractivity contribution >= 4 is 40.3 Å². The number of amides is 1. The third-order valence-corrected chi connectivity index (χ3v) is 5.91. The van der Waals surface area contributed by atoms with Gasteiger partial charge in [-0.05, 0) is 30.0 Å². The molecule has 0 unspecified atom stereocenters. The van der Waals surface area contributed by atoms with Gasteiger partial charge in [0, 0.05) is 27.5 Å². The van der Waals surface area contributed by atoms with Crippen LogP contribution in [0.5, 0.6) is 0 Å². The fraction of sp³-hybridized carbons (Fsp3) is 0.176. The number of nitrogens with one attached hydrogen (secondary N) is 1. The largest absolute Gasteiger partial charge is 0.352 e. The minimum absolute atomic E-state index is 0.0112. The second kappa shape index (κ2) is 8.29. The summed E-state index contributed by atoms with van der Waals surface area (Å²) in [5.74, 6) is 0.770. The number of nitrogens with zero attached hydrogens (tertiary/aromatic N) is 1. The maximum Gasteiger partial charge on any atom is 0.252 e. The fourth-order valence-corrected chi connectivity index (χ4v) is 4.42. The first-order valence-electron chi connectivity index (χ1n) is 7.22. The topological polar surface area (TPSA) is 42.0 Å². The van der Waals surface area contributed by atoms with E-state index in [9.17, 15) is 4.79 Å². The molecule has 3 aromatic rings. The highest BCUT2D eigenvalue weighted by atomic mass is 32.2. The van der Waals surface area contributed by atoms with Crippen LogP contribution in [0.4, 0.5) is 0 Å². The molecule has 0 saturated carbocycles. The van der Waals surface area contributed by atoms with Crippen molar-refractivity contribution in [1.82, 2.24) is 10.3 Å². The molecule has 0 fully saturated rings. The summed E-state index contributed by atoms with van der Waals surface area (Å²) < 4.78 is 0. The van der Waals surface area contributed by atoms with Crippen LogP contribution in [0, 0.1) is 0 Å². The summed E-state index contributed by atoms with van der Waals surface area (Å²) in [5.41, 5.74) is 3.62. The monoisotopic (exact) mass is 360 g/mol. The molecule has 6 heteroatoms. The number of benzene rings is 1. The number of thioether (sulfide) groups is 1. The Morgan fingerprint density at radius 3 is 2.91 bits per heavy atom. The molecule has 0 aliphatic carbocycles. The van der Waals surface area contributed by atoms with Crippen LogP contribution in [-0.2, 0) is 12.2 Å². The average Bonchev–Trinajstić information content (AvgIpc) is 3.27. The van der Waals surface area contributed by atoms with Crippen molar-refractivity contribution in [3.8, 4) is 0 Å². The summed E-state index contributed by atoms with van der Waals surface area (Å²) >= 11 is 4.96.